The zero-order valence-corrected chi connectivity index (χ0v) is 9.89. The van der Waals surface area contributed by atoms with Gasteiger partial charge in [-0.05, 0) is 30.6 Å². The molecule has 14 heavy (non-hydrogen) atoms. The molecule has 0 aliphatic heterocycles. The van der Waals surface area contributed by atoms with Crippen molar-refractivity contribution in [2.24, 2.45) is 22.7 Å². The molecular weight excluding hydrogens is 172 g/mol. The molecule has 0 N–H and O–H groups in total. The average Bonchev–Trinajstić information content (AvgIpc) is 2.41. The fraction of sp³-hybridized carbons (Fsp3) is 0.923. The number of fused-ring (bicyclic) bond motifs is 2. The van der Waals surface area contributed by atoms with Crippen LogP contribution in [0, 0.1) is 22.7 Å². The molecule has 0 aromatic carbocycles. The first-order chi connectivity index (χ1) is 6.45. The van der Waals surface area contributed by atoms with Gasteiger partial charge in [0.05, 0.1) is 0 Å². The van der Waals surface area contributed by atoms with E-state index in [2.05, 4.69) is 27.7 Å². The Morgan fingerprint density at radius 2 is 2.00 bits per heavy atom. The lowest BCUT2D eigenvalue weighted by molar-refractivity contribution is -0.131. The fourth-order valence-corrected chi connectivity index (χ4v) is 3.92. The predicted molar refractivity (Wildman–Crippen MR) is 58.0 cm³/mol. The Balaban J connectivity index is 2.34. The van der Waals surface area contributed by atoms with Crippen LogP contribution in [0.2, 0.25) is 0 Å². The molecule has 3 atom stereocenters. The fourth-order valence-electron chi connectivity index (χ4n) is 3.92. The van der Waals surface area contributed by atoms with Crippen molar-refractivity contribution in [3.63, 3.8) is 0 Å². The highest BCUT2D eigenvalue weighted by atomic mass is 16.1. The van der Waals surface area contributed by atoms with E-state index in [4.69, 9.17) is 0 Å². The number of rotatable bonds is 2. The van der Waals surface area contributed by atoms with E-state index in [1.165, 1.54) is 6.42 Å². The summed E-state index contributed by atoms with van der Waals surface area (Å²) in [6.07, 6.45) is 4.67. The van der Waals surface area contributed by atoms with Crippen molar-refractivity contribution in [3.8, 4) is 0 Å². The van der Waals surface area contributed by atoms with Crippen LogP contribution in [0.4, 0.5) is 0 Å². The van der Waals surface area contributed by atoms with Crippen LogP contribution in [0.5, 0.6) is 0 Å². The van der Waals surface area contributed by atoms with Gasteiger partial charge in [-0.15, -0.1) is 0 Å². The second-order valence-electron chi connectivity index (χ2n) is 5.96. The van der Waals surface area contributed by atoms with Gasteiger partial charge in [0.2, 0.25) is 0 Å². The van der Waals surface area contributed by atoms with Gasteiger partial charge in [0.1, 0.15) is 5.78 Å². The Labute approximate surface area is 87.3 Å². The minimum atomic E-state index is -0.00248. The number of carbonyl (C=O) groups is 1. The summed E-state index contributed by atoms with van der Waals surface area (Å²) in [6, 6.07) is 0. The number of carbonyl (C=O) groups excluding carboxylic acids is 1. The van der Waals surface area contributed by atoms with E-state index in [0.717, 1.165) is 19.3 Å². The molecule has 2 bridgehead atoms. The van der Waals surface area contributed by atoms with Crippen LogP contribution in [-0.4, -0.2) is 5.78 Å². The Hall–Kier alpha value is -0.330. The van der Waals surface area contributed by atoms with Crippen molar-refractivity contribution in [3.05, 3.63) is 0 Å². The standard InChI is InChI=1S/C13H22O/c1-5-6-9-10-7-8-13(4,11(9)14)12(10,2)3/h9-10H,5-8H2,1-4H3/t9-,10-,13+/m1/s1. The summed E-state index contributed by atoms with van der Waals surface area (Å²) >= 11 is 0. The molecule has 2 fully saturated rings. The number of Topliss-reactive ketones (excluding diaryl/α,β-unsaturated/α-hetero) is 1. The molecule has 2 aliphatic rings. The Morgan fingerprint density at radius 1 is 1.36 bits per heavy atom. The maximum Gasteiger partial charge on any atom is 0.142 e. The van der Waals surface area contributed by atoms with Crippen molar-refractivity contribution in [1.29, 1.82) is 0 Å². The second kappa shape index (κ2) is 2.84. The van der Waals surface area contributed by atoms with Gasteiger partial charge in [0.15, 0.2) is 0 Å². The normalized spacial score (nSPS) is 44.7. The molecule has 2 saturated carbocycles. The van der Waals surface area contributed by atoms with E-state index in [9.17, 15) is 4.79 Å². The van der Waals surface area contributed by atoms with Crippen molar-refractivity contribution in [1.82, 2.24) is 0 Å². The number of hydrogen-bond donors (Lipinski definition) is 0. The largest absolute Gasteiger partial charge is 0.299 e. The van der Waals surface area contributed by atoms with Crippen LogP contribution >= 0.6 is 0 Å². The topological polar surface area (TPSA) is 17.1 Å². The van der Waals surface area contributed by atoms with E-state index in [1.807, 2.05) is 0 Å². The van der Waals surface area contributed by atoms with E-state index in [1.54, 1.807) is 0 Å². The van der Waals surface area contributed by atoms with Gasteiger partial charge < -0.3 is 0 Å². The Bertz CT molecular complexity index is 266. The van der Waals surface area contributed by atoms with E-state index < -0.39 is 0 Å². The highest BCUT2D eigenvalue weighted by molar-refractivity contribution is 5.91. The summed E-state index contributed by atoms with van der Waals surface area (Å²) in [5, 5.41) is 0. The predicted octanol–water partition coefficient (Wildman–Crippen LogP) is 3.43. The van der Waals surface area contributed by atoms with Crippen molar-refractivity contribution in [2.45, 2.75) is 53.4 Å². The molecule has 1 nitrogen and oxygen atoms in total. The third-order valence-corrected chi connectivity index (χ3v) is 5.27. The van der Waals surface area contributed by atoms with Crippen LogP contribution in [-0.2, 0) is 4.79 Å². The quantitative estimate of drug-likeness (QED) is 0.658. The van der Waals surface area contributed by atoms with Crippen molar-refractivity contribution >= 4 is 5.78 Å². The first kappa shape index (κ1) is 10.2. The minimum absolute atomic E-state index is 0.00248. The molecule has 0 amide bonds. The van der Waals surface area contributed by atoms with Gasteiger partial charge in [0.25, 0.3) is 0 Å². The van der Waals surface area contributed by atoms with Gasteiger partial charge in [-0.1, -0.05) is 34.1 Å². The van der Waals surface area contributed by atoms with Gasteiger partial charge >= 0.3 is 0 Å². The molecular formula is C13H22O. The molecule has 2 rings (SSSR count). The monoisotopic (exact) mass is 194 g/mol. The summed E-state index contributed by atoms with van der Waals surface area (Å²) in [7, 11) is 0. The molecule has 0 aromatic rings. The summed E-state index contributed by atoms with van der Waals surface area (Å²) in [5.41, 5.74) is 0.251. The van der Waals surface area contributed by atoms with Crippen LogP contribution in [0.1, 0.15) is 53.4 Å². The maximum absolute atomic E-state index is 12.3. The molecule has 2 aliphatic carbocycles. The molecule has 0 radical (unpaired) electrons. The first-order valence-electron chi connectivity index (χ1n) is 5.99. The third-order valence-electron chi connectivity index (χ3n) is 5.27. The van der Waals surface area contributed by atoms with E-state index >= 15 is 0 Å². The number of ketones is 1. The van der Waals surface area contributed by atoms with Crippen LogP contribution in [0.3, 0.4) is 0 Å². The van der Waals surface area contributed by atoms with Crippen LogP contribution < -0.4 is 0 Å². The average molecular weight is 194 g/mol. The summed E-state index contributed by atoms with van der Waals surface area (Å²) in [6.45, 7) is 9.00. The molecule has 0 saturated heterocycles. The number of hydrogen-bond acceptors (Lipinski definition) is 1. The molecule has 0 aromatic heterocycles. The SMILES string of the molecule is CCC[C@H]1C(=O)[C@]2(C)CC[C@H]1C2(C)C. The molecule has 1 heteroatoms. The molecule has 0 spiro atoms. The van der Waals surface area contributed by atoms with Crippen LogP contribution in [0.15, 0.2) is 0 Å². The minimum Gasteiger partial charge on any atom is -0.299 e. The first-order valence-corrected chi connectivity index (χ1v) is 5.99. The molecule has 0 heterocycles. The Morgan fingerprint density at radius 3 is 2.43 bits per heavy atom. The van der Waals surface area contributed by atoms with Gasteiger partial charge in [-0.25, -0.2) is 0 Å². The molecule has 80 valence electrons. The molecule has 0 unspecified atom stereocenters. The van der Waals surface area contributed by atoms with Crippen LogP contribution in [0.25, 0.3) is 0 Å². The van der Waals surface area contributed by atoms with Gasteiger partial charge in [-0.2, -0.15) is 0 Å². The van der Waals surface area contributed by atoms with Crippen molar-refractivity contribution in [2.75, 3.05) is 0 Å². The van der Waals surface area contributed by atoms with Gasteiger partial charge in [0, 0.05) is 11.3 Å². The van der Waals surface area contributed by atoms with E-state index in [0.29, 0.717) is 17.6 Å². The summed E-state index contributed by atoms with van der Waals surface area (Å²) < 4.78 is 0. The second-order valence-corrected chi connectivity index (χ2v) is 5.96. The lowest BCUT2D eigenvalue weighted by atomic mass is 9.70. The zero-order chi connectivity index (χ0) is 10.6. The Kier molecular flexibility index (Phi) is 2.06. The smallest absolute Gasteiger partial charge is 0.142 e. The highest BCUT2D eigenvalue weighted by Crippen LogP contribution is 2.66. The lowest BCUT2D eigenvalue weighted by Crippen LogP contribution is -2.33. The van der Waals surface area contributed by atoms with Crippen molar-refractivity contribution < 1.29 is 4.79 Å². The lowest BCUT2D eigenvalue weighted by Gasteiger charge is -2.32. The maximum atomic E-state index is 12.3. The zero-order valence-electron chi connectivity index (χ0n) is 9.89. The van der Waals surface area contributed by atoms with Gasteiger partial charge in [-0.3, -0.25) is 4.79 Å². The summed E-state index contributed by atoms with van der Waals surface area (Å²) in [5.74, 6) is 1.62. The summed E-state index contributed by atoms with van der Waals surface area (Å²) in [4.78, 5) is 12.3. The highest BCUT2D eigenvalue weighted by Gasteiger charge is 2.65. The van der Waals surface area contributed by atoms with E-state index in [-0.39, 0.29) is 10.8 Å². The third kappa shape index (κ3) is 0.936.